The van der Waals surface area contributed by atoms with Crippen LogP contribution in [0, 0.1) is 6.92 Å². The van der Waals surface area contributed by atoms with Gasteiger partial charge in [-0.25, -0.2) is 0 Å². The van der Waals surface area contributed by atoms with Crippen LogP contribution in [0.4, 0.5) is 5.69 Å². The standard InChI is InChI=1S/C13H15N3O2S/c1-7-5-9(3-4-10(7)12(14)19)16-6-11(17)15-13(18)8(16)2/h3-5,8H,6H2,1-2H3,(H2,14,19)(H,15,17,18). The van der Waals surface area contributed by atoms with E-state index in [9.17, 15) is 9.59 Å². The number of hydrogen-bond acceptors (Lipinski definition) is 4. The molecule has 6 heteroatoms. The van der Waals surface area contributed by atoms with Gasteiger partial charge < -0.3 is 10.6 Å². The number of nitrogens with zero attached hydrogens (tertiary/aromatic N) is 1. The highest BCUT2D eigenvalue weighted by Crippen LogP contribution is 2.22. The van der Waals surface area contributed by atoms with Crippen molar-refractivity contribution in [2.24, 2.45) is 5.73 Å². The Balaban J connectivity index is 2.36. The summed E-state index contributed by atoms with van der Waals surface area (Å²) < 4.78 is 0. The number of nitrogens with one attached hydrogen (secondary N) is 1. The van der Waals surface area contributed by atoms with E-state index in [0.29, 0.717) is 4.99 Å². The molecule has 1 aliphatic rings. The van der Waals surface area contributed by atoms with Gasteiger partial charge in [0.1, 0.15) is 11.0 Å². The molecule has 2 rings (SSSR count). The number of nitrogens with two attached hydrogens (primary N) is 1. The van der Waals surface area contributed by atoms with E-state index >= 15 is 0 Å². The molecule has 0 aromatic heterocycles. The van der Waals surface area contributed by atoms with E-state index in [4.69, 9.17) is 18.0 Å². The number of amides is 2. The van der Waals surface area contributed by atoms with E-state index in [-0.39, 0.29) is 24.4 Å². The van der Waals surface area contributed by atoms with Crippen molar-refractivity contribution in [2.45, 2.75) is 19.9 Å². The molecular formula is C13H15N3O2S. The van der Waals surface area contributed by atoms with E-state index in [2.05, 4.69) is 5.32 Å². The van der Waals surface area contributed by atoms with Crippen molar-refractivity contribution in [1.82, 2.24) is 5.32 Å². The average Bonchev–Trinajstić information content (AvgIpc) is 2.33. The van der Waals surface area contributed by atoms with Crippen molar-refractivity contribution < 1.29 is 9.59 Å². The predicted octanol–water partition coefficient (Wildman–Crippen LogP) is 0.481. The lowest BCUT2D eigenvalue weighted by Gasteiger charge is -2.33. The number of piperazine rings is 1. The maximum Gasteiger partial charge on any atom is 0.249 e. The molecule has 2 amide bonds. The fraction of sp³-hybridized carbons (Fsp3) is 0.308. The minimum atomic E-state index is -0.382. The Hall–Kier alpha value is -1.95. The Labute approximate surface area is 116 Å². The van der Waals surface area contributed by atoms with Crippen LogP contribution in [-0.4, -0.2) is 29.4 Å². The van der Waals surface area contributed by atoms with Gasteiger partial charge in [-0.2, -0.15) is 0 Å². The maximum atomic E-state index is 11.6. The maximum absolute atomic E-state index is 11.6. The molecule has 1 aromatic carbocycles. The van der Waals surface area contributed by atoms with Gasteiger partial charge in [0.25, 0.3) is 0 Å². The van der Waals surface area contributed by atoms with Crippen LogP contribution in [-0.2, 0) is 9.59 Å². The number of hydrogen-bond donors (Lipinski definition) is 2. The second-order valence-corrected chi connectivity index (χ2v) is 5.02. The summed E-state index contributed by atoms with van der Waals surface area (Å²) in [7, 11) is 0. The third-order valence-electron chi connectivity index (χ3n) is 3.23. The molecule has 1 aromatic rings. The van der Waals surface area contributed by atoms with Crippen molar-refractivity contribution in [3.05, 3.63) is 29.3 Å². The van der Waals surface area contributed by atoms with E-state index in [1.807, 2.05) is 25.1 Å². The van der Waals surface area contributed by atoms with E-state index < -0.39 is 0 Å². The molecule has 1 unspecified atom stereocenters. The lowest BCUT2D eigenvalue weighted by atomic mass is 10.1. The molecule has 3 N–H and O–H groups in total. The summed E-state index contributed by atoms with van der Waals surface area (Å²) in [5.74, 6) is -0.577. The highest BCUT2D eigenvalue weighted by atomic mass is 32.1. The first-order valence-electron chi connectivity index (χ1n) is 5.91. The summed E-state index contributed by atoms with van der Waals surface area (Å²) in [6.07, 6.45) is 0. The van der Waals surface area contributed by atoms with Crippen LogP contribution in [0.25, 0.3) is 0 Å². The average molecular weight is 277 g/mol. The fourth-order valence-electron chi connectivity index (χ4n) is 2.13. The van der Waals surface area contributed by atoms with Crippen molar-refractivity contribution in [1.29, 1.82) is 0 Å². The number of benzene rings is 1. The number of carbonyl (C=O) groups excluding carboxylic acids is 2. The second kappa shape index (κ2) is 4.97. The third kappa shape index (κ3) is 2.58. The Morgan fingerprint density at radius 1 is 1.47 bits per heavy atom. The number of rotatable bonds is 2. The minimum Gasteiger partial charge on any atom is -0.389 e. The summed E-state index contributed by atoms with van der Waals surface area (Å²) in [6, 6.07) is 5.14. The van der Waals surface area contributed by atoms with Crippen LogP contribution in [0.1, 0.15) is 18.1 Å². The Bertz CT molecular complexity index is 571. The van der Waals surface area contributed by atoms with Crippen molar-refractivity contribution in [2.75, 3.05) is 11.4 Å². The fourth-order valence-corrected chi connectivity index (χ4v) is 2.36. The number of thiocarbonyl (C=S) groups is 1. The molecule has 0 aliphatic carbocycles. The molecule has 1 saturated heterocycles. The number of imide groups is 1. The molecule has 0 bridgehead atoms. The Morgan fingerprint density at radius 2 is 2.16 bits per heavy atom. The van der Waals surface area contributed by atoms with Crippen LogP contribution < -0.4 is 16.0 Å². The topological polar surface area (TPSA) is 75.4 Å². The van der Waals surface area contributed by atoms with E-state index in [1.54, 1.807) is 11.8 Å². The van der Waals surface area contributed by atoms with Gasteiger partial charge in [-0.1, -0.05) is 12.2 Å². The smallest absolute Gasteiger partial charge is 0.249 e. The number of aryl methyl sites for hydroxylation is 1. The monoisotopic (exact) mass is 277 g/mol. The van der Waals surface area contributed by atoms with Gasteiger partial charge in [0, 0.05) is 11.3 Å². The van der Waals surface area contributed by atoms with Gasteiger partial charge in [0.2, 0.25) is 11.8 Å². The lowest BCUT2D eigenvalue weighted by Crippen LogP contribution is -2.57. The van der Waals surface area contributed by atoms with Gasteiger partial charge in [-0.15, -0.1) is 0 Å². The summed E-state index contributed by atoms with van der Waals surface area (Å²) in [5.41, 5.74) is 8.16. The second-order valence-electron chi connectivity index (χ2n) is 4.58. The molecule has 0 radical (unpaired) electrons. The third-order valence-corrected chi connectivity index (χ3v) is 3.45. The first-order chi connectivity index (χ1) is 8.90. The van der Waals surface area contributed by atoms with Gasteiger partial charge in [0.15, 0.2) is 0 Å². The van der Waals surface area contributed by atoms with Crippen molar-refractivity contribution >= 4 is 34.7 Å². The molecule has 1 aliphatic heterocycles. The quantitative estimate of drug-likeness (QED) is 0.607. The van der Waals surface area contributed by atoms with Gasteiger partial charge >= 0.3 is 0 Å². The van der Waals surface area contributed by atoms with Crippen LogP contribution in [0.3, 0.4) is 0 Å². The first-order valence-corrected chi connectivity index (χ1v) is 6.31. The molecule has 0 saturated carbocycles. The zero-order chi connectivity index (χ0) is 14.2. The SMILES string of the molecule is Cc1cc(N2CC(=O)NC(=O)C2C)ccc1C(N)=S. The predicted molar refractivity (Wildman–Crippen MR) is 77.0 cm³/mol. The van der Waals surface area contributed by atoms with Gasteiger partial charge in [-0.05, 0) is 37.6 Å². The van der Waals surface area contributed by atoms with Crippen LogP contribution in [0.5, 0.6) is 0 Å². The summed E-state index contributed by atoms with van der Waals surface area (Å²) in [6.45, 7) is 3.83. The minimum absolute atomic E-state index is 0.165. The molecule has 100 valence electrons. The number of carbonyl (C=O) groups is 2. The Kier molecular flexibility index (Phi) is 3.53. The normalized spacial score (nSPS) is 19.3. The van der Waals surface area contributed by atoms with Crippen LogP contribution >= 0.6 is 12.2 Å². The molecule has 1 atom stereocenters. The van der Waals surface area contributed by atoms with Crippen molar-refractivity contribution in [3.8, 4) is 0 Å². The van der Waals surface area contributed by atoms with E-state index in [0.717, 1.165) is 16.8 Å². The Morgan fingerprint density at radius 3 is 2.74 bits per heavy atom. The highest BCUT2D eigenvalue weighted by Gasteiger charge is 2.30. The van der Waals surface area contributed by atoms with Gasteiger partial charge in [-0.3, -0.25) is 14.9 Å². The lowest BCUT2D eigenvalue weighted by molar-refractivity contribution is -0.132. The largest absolute Gasteiger partial charge is 0.389 e. The van der Waals surface area contributed by atoms with E-state index in [1.165, 1.54) is 0 Å². The van der Waals surface area contributed by atoms with Gasteiger partial charge in [0.05, 0.1) is 6.54 Å². The zero-order valence-corrected chi connectivity index (χ0v) is 11.6. The molecule has 1 fully saturated rings. The zero-order valence-electron chi connectivity index (χ0n) is 10.8. The first kappa shape index (κ1) is 13.5. The molecule has 0 spiro atoms. The molecule has 5 nitrogen and oxygen atoms in total. The molecular weight excluding hydrogens is 262 g/mol. The molecule has 19 heavy (non-hydrogen) atoms. The molecule has 1 heterocycles. The van der Waals surface area contributed by atoms with Crippen LogP contribution in [0.15, 0.2) is 18.2 Å². The van der Waals surface area contributed by atoms with Crippen molar-refractivity contribution in [3.63, 3.8) is 0 Å². The number of anilines is 1. The highest BCUT2D eigenvalue weighted by molar-refractivity contribution is 7.80. The summed E-state index contributed by atoms with van der Waals surface area (Å²) in [4.78, 5) is 25.2. The van der Waals surface area contributed by atoms with Crippen LogP contribution in [0.2, 0.25) is 0 Å². The summed E-state index contributed by atoms with van der Waals surface area (Å²) in [5, 5.41) is 2.31. The summed E-state index contributed by atoms with van der Waals surface area (Å²) >= 11 is 4.96.